The molecule has 0 aromatic carbocycles. The smallest absolute Gasteiger partial charge is 0.316 e. The van der Waals surface area contributed by atoms with Gasteiger partial charge in [-0.05, 0) is 24.7 Å². The van der Waals surface area contributed by atoms with Gasteiger partial charge in [0.05, 0.1) is 0 Å². The first-order valence-electron chi connectivity index (χ1n) is 4.13. The van der Waals surface area contributed by atoms with Crippen LogP contribution in [0.3, 0.4) is 0 Å². The van der Waals surface area contributed by atoms with E-state index in [-0.39, 0.29) is 17.5 Å². The third kappa shape index (κ3) is 12.2. The lowest BCUT2D eigenvalue weighted by molar-refractivity contribution is -0.0327. The highest BCUT2D eigenvalue weighted by molar-refractivity contribution is 8.00. The predicted molar refractivity (Wildman–Crippen MR) is 54.9 cm³/mol. The Balaban J connectivity index is 3.11. The Kier molecular flexibility index (Phi) is 7.66. The summed E-state index contributed by atoms with van der Waals surface area (Å²) in [6, 6.07) is 0. The highest BCUT2D eigenvalue weighted by Gasteiger charge is 2.27. The second-order valence-corrected chi connectivity index (χ2v) is 5.39. The Bertz CT molecular complexity index is 175. The first-order valence-corrected chi connectivity index (χ1v) is 6.84. The zero-order valence-corrected chi connectivity index (χ0v) is 9.53. The SMILES string of the molecule is CS(=O)CCCNCCSC(F)(F)F. The number of alkyl halides is 3. The molecule has 86 valence electrons. The molecule has 0 saturated heterocycles. The fraction of sp³-hybridized carbons (Fsp3) is 1.00. The average molecular weight is 249 g/mol. The molecule has 0 spiro atoms. The summed E-state index contributed by atoms with van der Waals surface area (Å²) in [7, 11) is -0.812. The van der Waals surface area contributed by atoms with Crippen LogP contribution in [0.25, 0.3) is 0 Å². The molecule has 0 radical (unpaired) electrons. The van der Waals surface area contributed by atoms with Crippen LogP contribution in [0.15, 0.2) is 0 Å². The van der Waals surface area contributed by atoms with Crippen molar-refractivity contribution >= 4 is 22.6 Å². The Labute approximate surface area is 88.5 Å². The summed E-state index contributed by atoms with van der Waals surface area (Å²) in [4.78, 5) is 0. The third-order valence-corrected chi connectivity index (χ3v) is 2.93. The minimum absolute atomic E-state index is 0.0246. The molecule has 1 unspecified atom stereocenters. The van der Waals surface area contributed by atoms with Crippen LogP contribution in [0.5, 0.6) is 0 Å². The molecule has 2 nitrogen and oxygen atoms in total. The van der Waals surface area contributed by atoms with Gasteiger partial charge in [-0.3, -0.25) is 4.21 Å². The molecular formula is C7H14F3NOS2. The maximum absolute atomic E-state index is 11.6. The Morgan fingerprint density at radius 3 is 2.50 bits per heavy atom. The standard InChI is InChI=1S/C7H14F3NOS2/c1-14(12)6-2-3-11-4-5-13-7(8,9)10/h11H,2-6H2,1H3. The quantitative estimate of drug-likeness (QED) is 0.695. The van der Waals surface area contributed by atoms with Crippen molar-refractivity contribution in [1.82, 2.24) is 5.32 Å². The van der Waals surface area contributed by atoms with Crippen LogP contribution < -0.4 is 5.32 Å². The van der Waals surface area contributed by atoms with Crippen molar-refractivity contribution in [2.45, 2.75) is 11.9 Å². The molecular weight excluding hydrogens is 235 g/mol. The molecule has 0 fully saturated rings. The second kappa shape index (κ2) is 7.53. The van der Waals surface area contributed by atoms with Crippen molar-refractivity contribution in [3.63, 3.8) is 0 Å². The van der Waals surface area contributed by atoms with Crippen molar-refractivity contribution in [2.75, 3.05) is 30.9 Å². The first-order chi connectivity index (χ1) is 6.42. The molecule has 0 aliphatic heterocycles. The maximum Gasteiger partial charge on any atom is 0.441 e. The zero-order valence-electron chi connectivity index (χ0n) is 7.89. The van der Waals surface area contributed by atoms with E-state index >= 15 is 0 Å². The Morgan fingerprint density at radius 1 is 1.36 bits per heavy atom. The van der Waals surface area contributed by atoms with Crippen LogP contribution in [0.4, 0.5) is 13.2 Å². The van der Waals surface area contributed by atoms with Crippen LogP contribution in [-0.4, -0.2) is 40.6 Å². The van der Waals surface area contributed by atoms with Gasteiger partial charge in [-0.1, -0.05) is 0 Å². The normalized spacial score (nSPS) is 14.3. The van der Waals surface area contributed by atoms with Crippen molar-refractivity contribution in [3.05, 3.63) is 0 Å². The molecule has 0 bridgehead atoms. The maximum atomic E-state index is 11.6. The van der Waals surface area contributed by atoms with Gasteiger partial charge in [-0.25, -0.2) is 0 Å². The lowest BCUT2D eigenvalue weighted by Crippen LogP contribution is -2.21. The highest BCUT2D eigenvalue weighted by atomic mass is 32.2. The van der Waals surface area contributed by atoms with Gasteiger partial charge in [-0.2, -0.15) is 13.2 Å². The highest BCUT2D eigenvalue weighted by Crippen LogP contribution is 2.29. The van der Waals surface area contributed by atoms with Crippen LogP contribution >= 0.6 is 11.8 Å². The van der Waals surface area contributed by atoms with E-state index in [9.17, 15) is 17.4 Å². The van der Waals surface area contributed by atoms with E-state index in [1.807, 2.05) is 0 Å². The number of hydrogen-bond acceptors (Lipinski definition) is 3. The van der Waals surface area contributed by atoms with E-state index in [0.29, 0.717) is 18.8 Å². The molecule has 0 aromatic rings. The zero-order chi connectivity index (χ0) is 11.0. The molecule has 7 heteroatoms. The molecule has 0 rings (SSSR count). The summed E-state index contributed by atoms with van der Waals surface area (Å²) < 4.78 is 45.5. The fourth-order valence-electron chi connectivity index (χ4n) is 0.764. The van der Waals surface area contributed by atoms with E-state index in [1.54, 1.807) is 6.26 Å². The summed E-state index contributed by atoms with van der Waals surface area (Å²) in [5.41, 5.74) is -4.13. The van der Waals surface area contributed by atoms with Gasteiger partial charge in [0.25, 0.3) is 0 Å². The monoisotopic (exact) mass is 249 g/mol. The lowest BCUT2D eigenvalue weighted by atomic mass is 10.5. The summed E-state index contributed by atoms with van der Waals surface area (Å²) in [6.07, 6.45) is 2.35. The summed E-state index contributed by atoms with van der Waals surface area (Å²) in [5.74, 6) is 0.623. The van der Waals surface area contributed by atoms with Gasteiger partial charge >= 0.3 is 5.51 Å². The molecule has 0 aliphatic carbocycles. The van der Waals surface area contributed by atoms with Crippen LogP contribution in [0, 0.1) is 0 Å². The number of rotatable bonds is 7. The molecule has 1 N–H and O–H groups in total. The number of nitrogens with one attached hydrogen (secondary N) is 1. The van der Waals surface area contributed by atoms with Crippen molar-refractivity contribution in [1.29, 1.82) is 0 Å². The van der Waals surface area contributed by atoms with Gasteiger partial charge in [0.15, 0.2) is 0 Å². The Morgan fingerprint density at radius 2 is 2.00 bits per heavy atom. The van der Waals surface area contributed by atoms with Crippen LogP contribution in [0.1, 0.15) is 6.42 Å². The third-order valence-electron chi connectivity index (χ3n) is 1.33. The minimum atomic E-state index is -4.13. The molecule has 0 saturated carbocycles. The van der Waals surface area contributed by atoms with E-state index in [1.165, 1.54) is 0 Å². The first kappa shape index (κ1) is 14.2. The van der Waals surface area contributed by atoms with Crippen LogP contribution in [-0.2, 0) is 10.8 Å². The fourth-order valence-corrected chi connectivity index (χ4v) is 1.79. The molecule has 0 aliphatic rings. The summed E-state index contributed by atoms with van der Waals surface area (Å²) in [5, 5.41) is 2.86. The Hall–Kier alpha value is 0.250. The van der Waals surface area contributed by atoms with E-state index in [4.69, 9.17) is 0 Å². The van der Waals surface area contributed by atoms with Crippen molar-refractivity contribution in [2.24, 2.45) is 0 Å². The number of halogens is 3. The van der Waals surface area contributed by atoms with Crippen molar-refractivity contribution < 1.29 is 17.4 Å². The van der Waals surface area contributed by atoms with Crippen molar-refractivity contribution in [3.8, 4) is 0 Å². The lowest BCUT2D eigenvalue weighted by Gasteiger charge is -2.06. The van der Waals surface area contributed by atoms with Gasteiger partial charge < -0.3 is 5.32 Å². The molecule has 1 atom stereocenters. The van der Waals surface area contributed by atoms with E-state index in [2.05, 4.69) is 5.32 Å². The molecule has 0 aromatic heterocycles. The van der Waals surface area contributed by atoms with E-state index < -0.39 is 16.3 Å². The van der Waals surface area contributed by atoms with Gasteiger partial charge in [0.1, 0.15) is 0 Å². The predicted octanol–water partition coefficient (Wildman–Crippen LogP) is 1.60. The molecule has 0 heterocycles. The molecule has 14 heavy (non-hydrogen) atoms. The van der Waals surface area contributed by atoms with Gasteiger partial charge in [0, 0.05) is 35.1 Å². The minimum Gasteiger partial charge on any atom is -0.316 e. The molecule has 0 amide bonds. The van der Waals surface area contributed by atoms with Gasteiger partial charge in [-0.15, -0.1) is 0 Å². The number of thioether (sulfide) groups is 1. The average Bonchev–Trinajstić information content (AvgIpc) is 2.00. The van der Waals surface area contributed by atoms with E-state index in [0.717, 1.165) is 6.42 Å². The van der Waals surface area contributed by atoms with Gasteiger partial charge in [0.2, 0.25) is 0 Å². The topological polar surface area (TPSA) is 29.1 Å². The van der Waals surface area contributed by atoms with Crippen LogP contribution in [0.2, 0.25) is 0 Å². The number of hydrogen-bond donors (Lipinski definition) is 1. The second-order valence-electron chi connectivity index (χ2n) is 2.68. The summed E-state index contributed by atoms with van der Waals surface area (Å²) >= 11 is -0.0246. The summed E-state index contributed by atoms with van der Waals surface area (Å²) in [6.45, 7) is 0.957. The largest absolute Gasteiger partial charge is 0.441 e.